The van der Waals surface area contributed by atoms with E-state index in [1.165, 1.54) is 0 Å². The monoisotopic (exact) mass is 372 g/mol. The van der Waals surface area contributed by atoms with Crippen molar-refractivity contribution >= 4 is 23.4 Å². The van der Waals surface area contributed by atoms with E-state index in [-0.39, 0.29) is 12.1 Å². The summed E-state index contributed by atoms with van der Waals surface area (Å²) in [6.07, 6.45) is 4.21. The smallest absolute Gasteiger partial charge is 0.321 e. The molecule has 27 heavy (non-hydrogen) atoms. The zero-order valence-electron chi connectivity index (χ0n) is 16.8. The number of anilines is 2. The van der Waals surface area contributed by atoms with Crippen molar-refractivity contribution in [2.45, 2.75) is 46.5 Å². The van der Waals surface area contributed by atoms with Gasteiger partial charge in [-0.15, -0.1) is 0 Å². The average molecular weight is 373 g/mol. The topological polar surface area (TPSA) is 64.7 Å². The summed E-state index contributed by atoms with van der Waals surface area (Å²) in [6, 6.07) is 5.55. The molecule has 0 saturated carbocycles. The van der Waals surface area contributed by atoms with Crippen LogP contribution < -0.4 is 10.6 Å². The van der Waals surface area contributed by atoms with Crippen molar-refractivity contribution < 1.29 is 9.59 Å². The van der Waals surface area contributed by atoms with Crippen LogP contribution in [0.5, 0.6) is 0 Å². The number of piperidine rings is 2. The Hall–Kier alpha value is -2.24. The summed E-state index contributed by atoms with van der Waals surface area (Å²) in [5.74, 6) is 1.38. The molecule has 2 aliphatic rings. The van der Waals surface area contributed by atoms with E-state index in [0.717, 1.165) is 63.1 Å². The minimum Gasteiger partial charge on any atom is -0.325 e. The molecule has 2 heterocycles. The van der Waals surface area contributed by atoms with E-state index in [2.05, 4.69) is 24.5 Å². The van der Waals surface area contributed by atoms with Crippen LogP contribution in [0.15, 0.2) is 18.2 Å². The summed E-state index contributed by atoms with van der Waals surface area (Å²) in [7, 11) is 0. The highest BCUT2D eigenvalue weighted by Gasteiger charge is 2.22. The summed E-state index contributed by atoms with van der Waals surface area (Å²) >= 11 is 0. The number of carbonyl (C=O) groups excluding carboxylic acids is 2. The maximum absolute atomic E-state index is 12.6. The highest BCUT2D eigenvalue weighted by Crippen LogP contribution is 2.23. The fourth-order valence-corrected chi connectivity index (χ4v) is 3.65. The Morgan fingerprint density at radius 2 is 1.33 bits per heavy atom. The van der Waals surface area contributed by atoms with Crippen LogP contribution in [0.1, 0.15) is 45.1 Å². The van der Waals surface area contributed by atoms with Crippen molar-refractivity contribution in [1.29, 1.82) is 0 Å². The van der Waals surface area contributed by atoms with Gasteiger partial charge in [-0.25, -0.2) is 9.59 Å². The number of hydrogen-bond acceptors (Lipinski definition) is 2. The predicted molar refractivity (Wildman–Crippen MR) is 109 cm³/mol. The number of benzene rings is 1. The van der Waals surface area contributed by atoms with Gasteiger partial charge < -0.3 is 20.4 Å². The van der Waals surface area contributed by atoms with Gasteiger partial charge in [0.15, 0.2) is 0 Å². The van der Waals surface area contributed by atoms with Crippen molar-refractivity contribution in [3.63, 3.8) is 0 Å². The van der Waals surface area contributed by atoms with Crippen molar-refractivity contribution in [2.75, 3.05) is 36.8 Å². The van der Waals surface area contributed by atoms with Crippen LogP contribution in [0.4, 0.5) is 21.0 Å². The molecule has 0 bridgehead atoms. The molecular formula is C21H32N4O2. The first-order valence-electron chi connectivity index (χ1n) is 10.1. The normalized spacial score (nSPS) is 19.1. The molecule has 0 aromatic heterocycles. The second-order valence-electron chi connectivity index (χ2n) is 8.23. The van der Waals surface area contributed by atoms with Gasteiger partial charge in [0.25, 0.3) is 0 Å². The SMILES string of the molecule is Cc1ccc(NC(=O)N2CCC(C)CC2)cc1NC(=O)N1CCC(C)CC1. The first-order valence-corrected chi connectivity index (χ1v) is 10.1. The maximum atomic E-state index is 12.6. The van der Waals surface area contributed by atoms with E-state index in [9.17, 15) is 9.59 Å². The fraction of sp³-hybridized carbons (Fsp3) is 0.619. The maximum Gasteiger partial charge on any atom is 0.321 e. The number of aryl methyl sites for hydroxylation is 1. The highest BCUT2D eigenvalue weighted by molar-refractivity contribution is 5.93. The van der Waals surface area contributed by atoms with Gasteiger partial charge in [0.1, 0.15) is 0 Å². The van der Waals surface area contributed by atoms with Gasteiger partial charge in [0, 0.05) is 37.6 Å². The molecule has 148 valence electrons. The highest BCUT2D eigenvalue weighted by atomic mass is 16.2. The van der Waals surface area contributed by atoms with Gasteiger partial charge in [-0.1, -0.05) is 19.9 Å². The van der Waals surface area contributed by atoms with Gasteiger partial charge in [-0.05, 0) is 62.1 Å². The average Bonchev–Trinajstić information content (AvgIpc) is 2.65. The minimum absolute atomic E-state index is 0.0569. The largest absolute Gasteiger partial charge is 0.325 e. The second kappa shape index (κ2) is 8.63. The molecule has 0 unspecified atom stereocenters. The van der Waals surface area contributed by atoms with Gasteiger partial charge in [0.05, 0.1) is 0 Å². The molecule has 0 radical (unpaired) electrons. The third-order valence-electron chi connectivity index (χ3n) is 5.87. The van der Waals surface area contributed by atoms with Crippen LogP contribution >= 0.6 is 0 Å². The Labute approximate surface area is 162 Å². The molecule has 0 atom stereocenters. The molecule has 1 aromatic rings. The van der Waals surface area contributed by atoms with Crippen LogP contribution in [-0.2, 0) is 0 Å². The summed E-state index contributed by atoms with van der Waals surface area (Å²) in [6.45, 7) is 9.63. The first-order chi connectivity index (χ1) is 12.9. The van der Waals surface area contributed by atoms with Gasteiger partial charge in [-0.3, -0.25) is 0 Å². The molecular weight excluding hydrogens is 340 g/mol. The third-order valence-corrected chi connectivity index (χ3v) is 5.87. The fourth-order valence-electron chi connectivity index (χ4n) is 3.65. The molecule has 1 aromatic carbocycles. The number of carbonyl (C=O) groups is 2. The van der Waals surface area contributed by atoms with Gasteiger partial charge >= 0.3 is 12.1 Å². The van der Waals surface area contributed by atoms with E-state index in [4.69, 9.17) is 0 Å². The predicted octanol–water partition coefficient (Wildman–Crippen LogP) is 4.52. The summed E-state index contributed by atoms with van der Waals surface area (Å²) in [5, 5.41) is 5.99. The van der Waals surface area contributed by atoms with Gasteiger partial charge in [0.2, 0.25) is 0 Å². The van der Waals surface area contributed by atoms with Crippen LogP contribution in [0.2, 0.25) is 0 Å². The van der Waals surface area contributed by atoms with Crippen LogP contribution in [-0.4, -0.2) is 48.0 Å². The lowest BCUT2D eigenvalue weighted by atomic mass is 10.00. The molecule has 6 heteroatoms. The minimum atomic E-state index is -0.0620. The van der Waals surface area contributed by atoms with E-state index in [1.807, 2.05) is 34.9 Å². The second-order valence-corrected chi connectivity index (χ2v) is 8.23. The van der Waals surface area contributed by atoms with Crippen molar-refractivity contribution in [1.82, 2.24) is 9.80 Å². The number of nitrogens with one attached hydrogen (secondary N) is 2. The summed E-state index contributed by atoms with van der Waals surface area (Å²) in [4.78, 5) is 28.8. The van der Waals surface area contributed by atoms with Crippen molar-refractivity contribution in [3.8, 4) is 0 Å². The molecule has 4 amide bonds. The molecule has 3 rings (SSSR count). The Morgan fingerprint density at radius 1 is 0.852 bits per heavy atom. The Morgan fingerprint density at radius 3 is 1.85 bits per heavy atom. The van der Waals surface area contributed by atoms with E-state index in [0.29, 0.717) is 17.5 Å². The molecule has 0 aliphatic carbocycles. The number of urea groups is 2. The van der Waals surface area contributed by atoms with E-state index in [1.54, 1.807) is 0 Å². The Kier molecular flexibility index (Phi) is 6.24. The molecule has 0 spiro atoms. The van der Waals surface area contributed by atoms with Crippen LogP contribution in [0.25, 0.3) is 0 Å². The lowest BCUT2D eigenvalue weighted by Crippen LogP contribution is -2.41. The lowest BCUT2D eigenvalue weighted by molar-refractivity contribution is 0.186. The molecule has 2 aliphatic heterocycles. The standard InChI is InChI=1S/C21H32N4O2/c1-15-6-10-24(11-7-15)20(26)22-18-5-4-17(3)19(14-18)23-21(27)25-12-8-16(2)9-13-25/h4-5,14-16H,6-13H2,1-3H3,(H,22,26)(H,23,27). The number of likely N-dealkylation sites (tertiary alicyclic amines) is 2. The third kappa shape index (κ3) is 5.15. The number of rotatable bonds is 2. The lowest BCUT2D eigenvalue weighted by Gasteiger charge is -2.31. The number of nitrogens with zero attached hydrogens (tertiary/aromatic N) is 2. The zero-order valence-corrected chi connectivity index (χ0v) is 16.8. The summed E-state index contributed by atoms with van der Waals surface area (Å²) in [5.41, 5.74) is 2.45. The van der Waals surface area contributed by atoms with Gasteiger partial charge in [-0.2, -0.15) is 0 Å². The first kappa shape index (κ1) is 19.5. The number of hydrogen-bond donors (Lipinski definition) is 2. The summed E-state index contributed by atoms with van der Waals surface area (Å²) < 4.78 is 0. The quantitative estimate of drug-likeness (QED) is 0.801. The Bertz CT molecular complexity index is 675. The van der Waals surface area contributed by atoms with E-state index >= 15 is 0 Å². The molecule has 2 saturated heterocycles. The van der Waals surface area contributed by atoms with E-state index < -0.39 is 0 Å². The van der Waals surface area contributed by atoms with Crippen LogP contribution in [0.3, 0.4) is 0 Å². The van der Waals surface area contributed by atoms with Crippen LogP contribution in [0, 0.1) is 18.8 Å². The molecule has 2 fully saturated rings. The van der Waals surface area contributed by atoms with Crippen molar-refractivity contribution in [3.05, 3.63) is 23.8 Å². The Balaban J connectivity index is 1.60. The number of amides is 4. The molecule has 6 nitrogen and oxygen atoms in total. The van der Waals surface area contributed by atoms with Crippen molar-refractivity contribution in [2.24, 2.45) is 11.8 Å². The molecule has 2 N–H and O–H groups in total. The zero-order chi connectivity index (χ0) is 19.4.